The van der Waals surface area contributed by atoms with Gasteiger partial charge in [0.05, 0.1) is 15.8 Å². The fourth-order valence-corrected chi connectivity index (χ4v) is 5.61. The van der Waals surface area contributed by atoms with Gasteiger partial charge in [-0.1, -0.05) is 24.3 Å². The summed E-state index contributed by atoms with van der Waals surface area (Å²) in [5, 5.41) is 15.1. The van der Waals surface area contributed by atoms with E-state index < -0.39 is 33.9 Å². The van der Waals surface area contributed by atoms with Gasteiger partial charge in [0, 0.05) is 60.0 Å². The van der Waals surface area contributed by atoms with Gasteiger partial charge >= 0.3 is 35.5 Å². The molecule has 2 aromatic rings. The minimum Gasteiger partial charge on any atom is -0.748 e. The second kappa shape index (κ2) is 12.7. The largest absolute Gasteiger partial charge is 1.00 e. The number of phenols is 1. The summed E-state index contributed by atoms with van der Waals surface area (Å²) in [6, 6.07) is 6.60. The van der Waals surface area contributed by atoms with Gasteiger partial charge in [0.2, 0.25) is 12.0 Å². The molecule has 0 saturated heterocycles. The van der Waals surface area contributed by atoms with Crippen LogP contribution in [-0.2, 0) is 29.2 Å². The van der Waals surface area contributed by atoms with Crippen molar-refractivity contribution in [1.29, 1.82) is 0 Å². The third kappa shape index (κ3) is 7.12. The predicted molar refractivity (Wildman–Crippen MR) is 138 cm³/mol. The molecule has 2 aliphatic rings. The number of rotatable bonds is 9. The zero-order valence-electron chi connectivity index (χ0n) is 22.0. The second-order valence-electron chi connectivity index (χ2n) is 9.36. The minimum absolute atomic E-state index is 0. The van der Waals surface area contributed by atoms with Crippen LogP contribution in [-0.4, -0.2) is 65.6 Å². The molecule has 39 heavy (non-hydrogen) atoms. The molecule has 1 aliphatic carbocycles. The molecule has 0 radical (unpaired) electrons. The number of nitrogens with zero attached hydrogens (tertiary/aromatic N) is 2. The van der Waals surface area contributed by atoms with E-state index in [2.05, 4.69) is 10.3 Å². The van der Waals surface area contributed by atoms with Gasteiger partial charge in [0.25, 0.3) is 5.91 Å². The average molecular weight is 566 g/mol. The van der Waals surface area contributed by atoms with Crippen molar-refractivity contribution < 1.29 is 66.8 Å². The van der Waals surface area contributed by atoms with Gasteiger partial charge in [0.15, 0.2) is 0 Å². The zero-order chi connectivity index (χ0) is 27.6. The van der Waals surface area contributed by atoms with Crippen molar-refractivity contribution >= 4 is 50.1 Å². The Kier molecular flexibility index (Phi) is 10.1. The van der Waals surface area contributed by atoms with Crippen LogP contribution in [0.4, 0.5) is 0 Å². The third-order valence-corrected chi connectivity index (χ3v) is 7.34. The molecule has 2 amide bonds. The molecule has 4 rings (SSSR count). The molecule has 0 saturated carbocycles. The number of nitrogens with one attached hydrogen (secondary N) is 1. The zero-order valence-corrected chi connectivity index (χ0v) is 24.8. The molecule has 202 valence electrons. The number of carbonyl (C=O) groups is 3. The monoisotopic (exact) mass is 565 g/mol. The molecule has 1 heterocycles. The maximum atomic E-state index is 12.8. The van der Waals surface area contributed by atoms with Gasteiger partial charge in [-0.15, -0.1) is 0 Å². The van der Waals surface area contributed by atoms with E-state index in [4.69, 9.17) is 9.73 Å². The number of carbonyl (C=O) groups excluding carboxylic acids is 3. The van der Waals surface area contributed by atoms with Crippen LogP contribution < -0.4 is 34.9 Å². The second-order valence-corrected chi connectivity index (χ2v) is 10.9. The van der Waals surface area contributed by atoms with Crippen molar-refractivity contribution in [3.05, 3.63) is 41.0 Å². The molecule has 2 aromatic carbocycles. The number of aliphatic imine (C=N–C) groups is 2. The van der Waals surface area contributed by atoms with Crippen molar-refractivity contribution in [3.8, 4) is 5.75 Å². The molecule has 1 aliphatic heterocycles. The first kappa shape index (κ1) is 30.9. The Labute approximate surface area is 248 Å². The Morgan fingerprint density at radius 2 is 1.87 bits per heavy atom. The standard InChI is InChI=1S/C26H29N3O8S.Na/c1-14(30)28-16(6-5-13-38(34,35)36)11-12-27-19-9-10-20-22-21(25(26(33)29-20)37-15(2)31)17-7-3-4-8-18(17)24(32)23(19)22;/h3-4,7-8,16,25,32H,5-6,9-13H2,1-2H3,(H,28,30)(H,34,35,36);/q;+1/p-1. The molecule has 0 spiro atoms. The number of fused-ring (bicyclic) bond motifs is 2. The van der Waals surface area contributed by atoms with Crippen LogP contribution in [0.3, 0.4) is 0 Å². The van der Waals surface area contributed by atoms with E-state index in [9.17, 15) is 32.5 Å². The van der Waals surface area contributed by atoms with Crippen molar-refractivity contribution in [1.82, 2.24) is 5.32 Å². The number of benzene rings is 2. The molecular formula is C26H28N3NaO8S. The number of phenolic OH excluding ortho intramolecular Hbond substituents is 1. The van der Waals surface area contributed by atoms with Crippen LogP contribution in [0, 0.1) is 0 Å². The quantitative estimate of drug-likeness (QED) is 0.228. The first-order valence-corrected chi connectivity index (χ1v) is 13.8. The molecule has 0 fully saturated rings. The number of hydrogen-bond acceptors (Lipinski definition) is 9. The molecule has 13 heteroatoms. The normalized spacial score (nSPS) is 18.1. The van der Waals surface area contributed by atoms with E-state index in [1.807, 2.05) is 0 Å². The summed E-state index contributed by atoms with van der Waals surface area (Å²) in [7, 11) is -4.35. The molecule has 2 unspecified atom stereocenters. The number of aromatic hydroxyl groups is 1. The fraction of sp³-hybridized carbons (Fsp3) is 0.423. The Morgan fingerprint density at radius 1 is 1.18 bits per heavy atom. The van der Waals surface area contributed by atoms with Crippen molar-refractivity contribution in [2.75, 3.05) is 12.3 Å². The molecule has 2 N–H and O–H groups in total. The number of ether oxygens (including phenoxy) is 1. The summed E-state index contributed by atoms with van der Waals surface area (Å²) in [5.41, 5.74) is 2.53. The topological polar surface area (TPSA) is 175 Å². The van der Waals surface area contributed by atoms with Crippen molar-refractivity contribution in [3.63, 3.8) is 0 Å². The van der Waals surface area contributed by atoms with E-state index in [0.717, 1.165) is 0 Å². The van der Waals surface area contributed by atoms with Crippen molar-refractivity contribution in [2.45, 2.75) is 58.1 Å². The Balaban J connectivity index is 0.00000420. The van der Waals surface area contributed by atoms with Crippen LogP contribution in [0.5, 0.6) is 5.75 Å². The summed E-state index contributed by atoms with van der Waals surface area (Å²) in [6.07, 6.45) is 0.349. The summed E-state index contributed by atoms with van der Waals surface area (Å²) in [5.74, 6) is -2.03. The number of esters is 1. The first-order valence-electron chi connectivity index (χ1n) is 12.3. The molecule has 2 atom stereocenters. The fourth-order valence-electron chi connectivity index (χ4n) is 5.09. The molecule has 11 nitrogen and oxygen atoms in total. The smallest absolute Gasteiger partial charge is 0.748 e. The summed E-state index contributed by atoms with van der Waals surface area (Å²) < 4.78 is 38.2. The maximum absolute atomic E-state index is 12.8. The summed E-state index contributed by atoms with van der Waals surface area (Å²) >= 11 is 0. The third-order valence-electron chi connectivity index (χ3n) is 6.55. The van der Waals surface area contributed by atoms with Gasteiger partial charge in [-0.2, -0.15) is 0 Å². The Morgan fingerprint density at radius 3 is 2.51 bits per heavy atom. The Bertz CT molecular complexity index is 1490. The molecule has 0 bridgehead atoms. The van der Waals surface area contributed by atoms with Crippen LogP contribution in [0.1, 0.15) is 68.7 Å². The average Bonchev–Trinajstić information content (AvgIpc) is 2.82. The van der Waals surface area contributed by atoms with E-state index in [0.29, 0.717) is 64.6 Å². The van der Waals surface area contributed by atoms with Gasteiger partial charge < -0.3 is 19.7 Å². The van der Waals surface area contributed by atoms with Gasteiger partial charge in [-0.3, -0.25) is 19.4 Å². The van der Waals surface area contributed by atoms with Crippen LogP contribution in [0.2, 0.25) is 0 Å². The number of hydrogen-bond donors (Lipinski definition) is 2. The maximum Gasteiger partial charge on any atom is 1.00 e. The molecule has 0 aromatic heterocycles. The van der Waals surface area contributed by atoms with Gasteiger partial charge in [-0.25, -0.2) is 13.4 Å². The van der Waals surface area contributed by atoms with E-state index in [1.54, 1.807) is 24.3 Å². The van der Waals surface area contributed by atoms with Crippen LogP contribution in [0.15, 0.2) is 34.3 Å². The van der Waals surface area contributed by atoms with Crippen molar-refractivity contribution in [2.24, 2.45) is 9.98 Å². The Hall–Kier alpha value is -2.64. The van der Waals surface area contributed by atoms with Crippen LogP contribution in [0.25, 0.3) is 10.8 Å². The number of amides is 2. The molecular weight excluding hydrogens is 537 g/mol. The predicted octanol–water partition coefficient (Wildman–Crippen LogP) is -0.714. The van der Waals surface area contributed by atoms with E-state index >= 15 is 0 Å². The SMILES string of the molecule is CC(=O)NC(CCCS(=O)(=O)[O-])CCN=C1CCC2=NC(=O)C(OC(C)=O)c3c2c1c(O)c1ccccc31.[Na+]. The minimum atomic E-state index is -4.35. The van der Waals surface area contributed by atoms with Crippen LogP contribution >= 0.6 is 0 Å². The first-order chi connectivity index (χ1) is 18.0. The van der Waals surface area contributed by atoms with E-state index in [-0.39, 0.29) is 60.2 Å². The summed E-state index contributed by atoms with van der Waals surface area (Å²) in [4.78, 5) is 45.2. The van der Waals surface area contributed by atoms with Gasteiger partial charge in [-0.05, 0) is 37.5 Å². The van der Waals surface area contributed by atoms with Gasteiger partial charge in [0.1, 0.15) is 5.75 Å². The van der Waals surface area contributed by atoms with E-state index in [1.165, 1.54) is 13.8 Å². The summed E-state index contributed by atoms with van der Waals surface area (Å²) in [6.45, 7) is 2.82.